The summed E-state index contributed by atoms with van der Waals surface area (Å²) >= 11 is 7.06. The van der Waals surface area contributed by atoms with Crippen LogP contribution in [0.2, 0.25) is 5.02 Å². The number of thiazole rings is 1. The molecule has 2 N–H and O–H groups in total. The zero-order valence-corrected chi connectivity index (χ0v) is 9.42. The molecular weight excluding hydrogens is 250 g/mol. The number of nitrogens with one attached hydrogen (secondary N) is 1. The Morgan fingerprint density at radius 3 is 3.00 bits per heavy atom. The van der Waals surface area contributed by atoms with Crippen LogP contribution in [0.25, 0.3) is 0 Å². The molecule has 0 aliphatic carbocycles. The molecule has 2 aromatic heterocycles. The first-order valence-corrected chi connectivity index (χ1v) is 5.49. The molecule has 0 saturated heterocycles. The summed E-state index contributed by atoms with van der Waals surface area (Å²) in [6, 6.07) is 3.39. The van der Waals surface area contributed by atoms with E-state index in [1.807, 2.05) is 0 Å². The van der Waals surface area contributed by atoms with Crippen LogP contribution >= 0.6 is 22.9 Å². The van der Waals surface area contributed by atoms with Gasteiger partial charge in [-0.1, -0.05) is 11.6 Å². The minimum Gasteiger partial charge on any atom is -0.476 e. The lowest BCUT2D eigenvalue weighted by Crippen LogP contribution is -1.98. The summed E-state index contributed by atoms with van der Waals surface area (Å²) in [6.45, 7) is 0. The zero-order chi connectivity index (χ0) is 11.5. The molecule has 0 saturated carbocycles. The monoisotopic (exact) mass is 255 g/mol. The van der Waals surface area contributed by atoms with Crippen LogP contribution in [-0.2, 0) is 0 Å². The van der Waals surface area contributed by atoms with Crippen LogP contribution in [-0.4, -0.2) is 21.0 Å². The molecule has 5 nitrogen and oxygen atoms in total. The summed E-state index contributed by atoms with van der Waals surface area (Å²) in [5.41, 5.74) is -0.000413. The van der Waals surface area contributed by atoms with Crippen molar-refractivity contribution in [2.75, 3.05) is 5.32 Å². The lowest BCUT2D eigenvalue weighted by Gasteiger charge is -2.02. The summed E-state index contributed by atoms with van der Waals surface area (Å²) in [6.07, 6.45) is 1.58. The van der Waals surface area contributed by atoms with Crippen molar-refractivity contribution in [2.24, 2.45) is 0 Å². The second-order valence-electron chi connectivity index (χ2n) is 2.80. The fourth-order valence-corrected chi connectivity index (χ4v) is 1.86. The molecule has 0 aliphatic heterocycles. The predicted octanol–water partition coefficient (Wildman–Crippen LogP) is 2.63. The fraction of sp³-hybridized carbons (Fsp3) is 0. The molecule has 0 fully saturated rings. The van der Waals surface area contributed by atoms with Crippen LogP contribution in [0.5, 0.6) is 0 Å². The number of rotatable bonds is 3. The van der Waals surface area contributed by atoms with Crippen molar-refractivity contribution >= 4 is 39.9 Å². The fourth-order valence-electron chi connectivity index (χ4n) is 1.01. The highest BCUT2D eigenvalue weighted by Gasteiger charge is 2.09. The molecule has 0 aliphatic rings. The lowest BCUT2D eigenvalue weighted by atomic mass is 10.4. The van der Waals surface area contributed by atoms with Crippen LogP contribution < -0.4 is 5.32 Å². The first-order chi connectivity index (χ1) is 7.66. The number of aromatic carboxylic acids is 1. The van der Waals surface area contributed by atoms with Crippen molar-refractivity contribution in [1.82, 2.24) is 9.97 Å². The standard InChI is InChI=1S/C9H6ClN3O2S/c10-5-2-1-3-11-7(5)13-9-12-6(4-16-9)8(14)15/h1-4H,(H,14,15)(H,11,12,13). The van der Waals surface area contributed by atoms with Crippen molar-refractivity contribution in [2.45, 2.75) is 0 Å². The smallest absolute Gasteiger partial charge is 0.355 e. The Labute approximate surface area is 99.7 Å². The number of carboxylic acid groups (broad SMARTS) is 1. The van der Waals surface area contributed by atoms with Gasteiger partial charge in [0.1, 0.15) is 0 Å². The maximum Gasteiger partial charge on any atom is 0.355 e. The van der Waals surface area contributed by atoms with Crippen molar-refractivity contribution in [3.05, 3.63) is 34.4 Å². The molecule has 16 heavy (non-hydrogen) atoms. The molecule has 0 radical (unpaired) electrons. The molecule has 0 bridgehead atoms. The maximum atomic E-state index is 10.6. The van der Waals surface area contributed by atoms with E-state index in [0.717, 1.165) is 0 Å². The Hall–Kier alpha value is -1.66. The van der Waals surface area contributed by atoms with Gasteiger partial charge in [-0.15, -0.1) is 11.3 Å². The highest BCUT2D eigenvalue weighted by atomic mass is 35.5. The molecule has 82 valence electrons. The Balaban J connectivity index is 2.21. The third-order valence-electron chi connectivity index (χ3n) is 1.71. The second-order valence-corrected chi connectivity index (χ2v) is 4.07. The minimum absolute atomic E-state index is 0.000413. The van der Waals surface area contributed by atoms with Gasteiger partial charge in [-0.05, 0) is 12.1 Å². The minimum atomic E-state index is -1.06. The molecule has 0 amide bonds. The average Bonchev–Trinajstić information content (AvgIpc) is 2.70. The Kier molecular flexibility index (Phi) is 3.02. The van der Waals surface area contributed by atoms with Crippen LogP contribution in [0.4, 0.5) is 10.9 Å². The third-order valence-corrected chi connectivity index (χ3v) is 2.77. The molecule has 0 spiro atoms. The summed E-state index contributed by atoms with van der Waals surface area (Å²) in [4.78, 5) is 18.5. The number of halogens is 1. The average molecular weight is 256 g/mol. The molecule has 2 heterocycles. The third kappa shape index (κ3) is 2.29. The van der Waals surface area contributed by atoms with Gasteiger partial charge < -0.3 is 10.4 Å². The summed E-state index contributed by atoms with van der Waals surface area (Å²) in [7, 11) is 0. The summed E-state index contributed by atoms with van der Waals surface area (Å²) < 4.78 is 0. The molecule has 0 atom stereocenters. The zero-order valence-electron chi connectivity index (χ0n) is 7.85. The van der Waals surface area contributed by atoms with Crippen LogP contribution in [0.1, 0.15) is 10.5 Å². The van der Waals surface area contributed by atoms with Crippen molar-refractivity contribution in [1.29, 1.82) is 0 Å². The van der Waals surface area contributed by atoms with Crippen LogP contribution in [0.15, 0.2) is 23.7 Å². The lowest BCUT2D eigenvalue weighted by molar-refractivity contribution is 0.0691. The molecule has 0 aromatic carbocycles. The number of hydrogen-bond acceptors (Lipinski definition) is 5. The molecular formula is C9H6ClN3O2S. The molecule has 2 rings (SSSR count). The highest BCUT2D eigenvalue weighted by molar-refractivity contribution is 7.14. The molecule has 7 heteroatoms. The largest absolute Gasteiger partial charge is 0.476 e. The number of aromatic nitrogens is 2. The summed E-state index contributed by atoms with van der Waals surface area (Å²) in [5.74, 6) is -0.605. The van der Waals surface area contributed by atoms with Crippen LogP contribution in [0, 0.1) is 0 Å². The van der Waals surface area contributed by atoms with Crippen molar-refractivity contribution in [3.63, 3.8) is 0 Å². The normalized spacial score (nSPS) is 10.1. The number of nitrogens with zero attached hydrogens (tertiary/aromatic N) is 2. The van der Waals surface area contributed by atoms with E-state index in [2.05, 4.69) is 15.3 Å². The number of carbonyl (C=O) groups is 1. The predicted molar refractivity (Wildman–Crippen MR) is 61.6 cm³/mol. The number of carboxylic acids is 1. The highest BCUT2D eigenvalue weighted by Crippen LogP contribution is 2.24. The van der Waals surface area contributed by atoms with E-state index in [9.17, 15) is 4.79 Å². The maximum absolute atomic E-state index is 10.6. The van der Waals surface area contributed by atoms with E-state index >= 15 is 0 Å². The Morgan fingerprint density at radius 2 is 2.38 bits per heavy atom. The molecule has 0 unspecified atom stereocenters. The van der Waals surface area contributed by atoms with Gasteiger partial charge >= 0.3 is 5.97 Å². The van der Waals surface area contributed by atoms with Gasteiger partial charge in [0.25, 0.3) is 0 Å². The Morgan fingerprint density at radius 1 is 1.56 bits per heavy atom. The van der Waals surface area contributed by atoms with Crippen molar-refractivity contribution in [3.8, 4) is 0 Å². The second kappa shape index (κ2) is 4.46. The van der Waals surface area contributed by atoms with E-state index in [1.165, 1.54) is 16.7 Å². The van der Waals surface area contributed by atoms with E-state index in [-0.39, 0.29) is 5.69 Å². The number of anilines is 2. The van der Waals surface area contributed by atoms with Gasteiger partial charge in [0, 0.05) is 11.6 Å². The number of pyridine rings is 1. The first-order valence-electron chi connectivity index (χ1n) is 4.23. The summed E-state index contributed by atoms with van der Waals surface area (Å²) in [5, 5.41) is 13.9. The van der Waals surface area contributed by atoms with Gasteiger partial charge in [0.15, 0.2) is 16.6 Å². The van der Waals surface area contributed by atoms with Gasteiger partial charge in [-0.3, -0.25) is 0 Å². The van der Waals surface area contributed by atoms with Gasteiger partial charge in [0.05, 0.1) is 5.02 Å². The number of hydrogen-bond donors (Lipinski definition) is 2. The van der Waals surface area contributed by atoms with E-state index in [0.29, 0.717) is 16.0 Å². The van der Waals surface area contributed by atoms with E-state index in [1.54, 1.807) is 18.3 Å². The van der Waals surface area contributed by atoms with Gasteiger partial charge in [-0.25, -0.2) is 14.8 Å². The van der Waals surface area contributed by atoms with E-state index < -0.39 is 5.97 Å². The van der Waals surface area contributed by atoms with Gasteiger partial charge in [0.2, 0.25) is 0 Å². The van der Waals surface area contributed by atoms with Crippen molar-refractivity contribution < 1.29 is 9.90 Å². The Bertz CT molecular complexity index is 529. The van der Waals surface area contributed by atoms with Crippen LogP contribution in [0.3, 0.4) is 0 Å². The first kappa shape index (κ1) is 10.8. The topological polar surface area (TPSA) is 75.1 Å². The SMILES string of the molecule is O=C(O)c1csc(Nc2ncccc2Cl)n1. The van der Waals surface area contributed by atoms with E-state index in [4.69, 9.17) is 16.7 Å². The molecule has 2 aromatic rings. The van der Waals surface area contributed by atoms with Gasteiger partial charge in [-0.2, -0.15) is 0 Å². The quantitative estimate of drug-likeness (QED) is 0.882.